The van der Waals surface area contributed by atoms with Crippen LogP contribution in [0, 0.1) is 28.6 Å². The number of carbonyl (C=O) groups is 1. The second-order valence-electron chi connectivity index (χ2n) is 12.9. The molecule has 0 aliphatic heterocycles. The van der Waals surface area contributed by atoms with Gasteiger partial charge in [-0.05, 0) is 79.8 Å². The molecule has 170 valence electrons. The van der Waals surface area contributed by atoms with Gasteiger partial charge in [-0.15, -0.1) is 0 Å². The molecule has 3 heteroatoms. The molecule has 0 spiro atoms. The van der Waals surface area contributed by atoms with E-state index in [4.69, 9.17) is 4.43 Å². The molecule has 4 rings (SSSR count). The van der Waals surface area contributed by atoms with Crippen molar-refractivity contribution in [1.29, 1.82) is 0 Å². The van der Waals surface area contributed by atoms with E-state index < -0.39 is 8.32 Å². The Morgan fingerprint density at radius 3 is 2.60 bits per heavy atom. The van der Waals surface area contributed by atoms with Crippen LogP contribution >= 0.6 is 0 Å². The Kier molecular flexibility index (Phi) is 5.75. The van der Waals surface area contributed by atoms with Crippen LogP contribution in [-0.4, -0.2) is 20.2 Å². The highest BCUT2D eigenvalue weighted by atomic mass is 28.4. The maximum atomic E-state index is 12.8. The van der Waals surface area contributed by atoms with Gasteiger partial charge in [-0.25, -0.2) is 0 Å². The predicted octanol–water partition coefficient (Wildman–Crippen LogP) is 7.69. The fourth-order valence-corrected chi connectivity index (χ4v) is 10.3. The van der Waals surface area contributed by atoms with Gasteiger partial charge in [-0.2, -0.15) is 0 Å². The van der Waals surface area contributed by atoms with Gasteiger partial charge in [0.05, 0.1) is 6.10 Å². The number of hydrogen-bond acceptors (Lipinski definition) is 2. The van der Waals surface area contributed by atoms with E-state index in [9.17, 15) is 4.79 Å². The first-order valence-electron chi connectivity index (χ1n) is 12.8. The zero-order valence-electron chi connectivity index (χ0n) is 20.8. The maximum absolute atomic E-state index is 12.8. The summed E-state index contributed by atoms with van der Waals surface area (Å²) < 4.78 is 7.20. The molecular weight excluding hydrogens is 384 g/mol. The van der Waals surface area contributed by atoms with Gasteiger partial charge in [-0.3, -0.25) is 4.79 Å². The molecule has 4 aliphatic rings. The molecular formula is C27H46O2Si. The number of hydrogen-bond donors (Lipinski definition) is 0. The van der Waals surface area contributed by atoms with Gasteiger partial charge in [0.1, 0.15) is 5.78 Å². The molecule has 0 bridgehead atoms. The van der Waals surface area contributed by atoms with Crippen LogP contribution in [0.15, 0.2) is 11.6 Å². The first-order chi connectivity index (χ1) is 13.9. The van der Waals surface area contributed by atoms with Gasteiger partial charge in [0.25, 0.3) is 0 Å². The molecule has 0 aromatic carbocycles. The monoisotopic (exact) mass is 430 g/mol. The van der Waals surface area contributed by atoms with E-state index in [1.165, 1.54) is 56.9 Å². The molecule has 2 nitrogen and oxygen atoms in total. The summed E-state index contributed by atoms with van der Waals surface area (Å²) in [6, 6.07) is 0. The van der Waals surface area contributed by atoms with Gasteiger partial charge < -0.3 is 4.43 Å². The van der Waals surface area contributed by atoms with Gasteiger partial charge >= 0.3 is 0 Å². The summed E-state index contributed by atoms with van der Waals surface area (Å²) in [5, 5.41) is 0.229. The van der Waals surface area contributed by atoms with Gasteiger partial charge in [0.2, 0.25) is 0 Å². The SMILES string of the molecule is CCCC(C)(C)[Si](C)(C)OC1CC(=O)CC2=CC[C@H]3[C@@H]4CCC[C@@]4(C)CC[C@@H]3[C@]21C. The van der Waals surface area contributed by atoms with Crippen molar-refractivity contribution in [2.75, 3.05) is 0 Å². The molecule has 1 unspecified atom stereocenters. The second-order valence-corrected chi connectivity index (χ2v) is 17.5. The molecule has 0 aromatic heterocycles. The van der Waals surface area contributed by atoms with Crippen LogP contribution in [0.4, 0.5) is 0 Å². The Morgan fingerprint density at radius 2 is 1.90 bits per heavy atom. The Bertz CT molecular complexity index is 722. The highest BCUT2D eigenvalue weighted by Gasteiger charge is 2.60. The van der Waals surface area contributed by atoms with E-state index in [-0.39, 0.29) is 16.6 Å². The van der Waals surface area contributed by atoms with Crippen LogP contribution in [0.2, 0.25) is 18.1 Å². The van der Waals surface area contributed by atoms with E-state index >= 15 is 0 Å². The average molecular weight is 431 g/mol. The van der Waals surface area contributed by atoms with E-state index in [2.05, 4.69) is 53.8 Å². The highest BCUT2D eigenvalue weighted by molar-refractivity contribution is 6.74. The van der Waals surface area contributed by atoms with Gasteiger partial charge in [-0.1, -0.05) is 59.1 Å². The minimum atomic E-state index is -1.97. The van der Waals surface area contributed by atoms with Crippen LogP contribution in [0.5, 0.6) is 0 Å². The first-order valence-corrected chi connectivity index (χ1v) is 15.7. The lowest BCUT2D eigenvalue weighted by molar-refractivity contribution is -0.130. The number of rotatable bonds is 5. The third-order valence-electron chi connectivity index (χ3n) is 10.7. The number of fused-ring (bicyclic) bond motifs is 5. The highest BCUT2D eigenvalue weighted by Crippen LogP contribution is 2.65. The Morgan fingerprint density at radius 1 is 1.17 bits per heavy atom. The molecule has 6 atom stereocenters. The number of ketones is 1. The molecule has 0 radical (unpaired) electrons. The number of Topliss-reactive ketones (excluding diaryl/α,β-unsaturated/α-hetero) is 1. The van der Waals surface area contributed by atoms with Crippen molar-refractivity contribution in [2.45, 2.75) is 123 Å². The van der Waals surface area contributed by atoms with E-state index in [0.717, 1.165) is 11.8 Å². The molecule has 4 aliphatic carbocycles. The predicted molar refractivity (Wildman–Crippen MR) is 128 cm³/mol. The molecule has 30 heavy (non-hydrogen) atoms. The largest absolute Gasteiger partial charge is 0.413 e. The zero-order valence-corrected chi connectivity index (χ0v) is 21.8. The molecule has 0 aromatic rings. The summed E-state index contributed by atoms with van der Waals surface area (Å²) in [4.78, 5) is 12.8. The van der Waals surface area contributed by atoms with Crippen molar-refractivity contribution in [2.24, 2.45) is 28.6 Å². The van der Waals surface area contributed by atoms with Crippen molar-refractivity contribution >= 4 is 14.1 Å². The Labute approximate surface area is 186 Å². The van der Waals surface area contributed by atoms with Crippen molar-refractivity contribution in [1.82, 2.24) is 0 Å². The van der Waals surface area contributed by atoms with Gasteiger partial charge in [0, 0.05) is 18.3 Å². The van der Waals surface area contributed by atoms with Crippen molar-refractivity contribution < 1.29 is 9.22 Å². The zero-order chi connectivity index (χ0) is 21.9. The summed E-state index contributed by atoms with van der Waals surface area (Å²) in [5.41, 5.74) is 2.07. The minimum absolute atomic E-state index is 0.0628. The van der Waals surface area contributed by atoms with Crippen LogP contribution < -0.4 is 0 Å². The normalized spacial score (nSPS) is 41.7. The van der Waals surface area contributed by atoms with E-state index in [0.29, 0.717) is 30.0 Å². The van der Waals surface area contributed by atoms with Crippen LogP contribution in [-0.2, 0) is 9.22 Å². The second kappa shape index (κ2) is 7.58. The Balaban J connectivity index is 1.68. The number of carbonyl (C=O) groups excluding carboxylic acids is 1. The fraction of sp³-hybridized carbons (Fsp3) is 0.889. The van der Waals surface area contributed by atoms with Crippen LogP contribution in [0.3, 0.4) is 0 Å². The van der Waals surface area contributed by atoms with Crippen molar-refractivity contribution in [3.05, 3.63) is 11.6 Å². The third-order valence-corrected chi connectivity index (χ3v) is 15.1. The number of allylic oxidation sites excluding steroid dienone is 1. The van der Waals surface area contributed by atoms with Gasteiger partial charge in [0.15, 0.2) is 8.32 Å². The molecule has 0 amide bonds. The molecule has 3 fully saturated rings. The summed E-state index contributed by atoms with van der Waals surface area (Å²) in [6.07, 6.45) is 14.5. The fourth-order valence-electron chi connectivity index (χ4n) is 8.11. The summed E-state index contributed by atoms with van der Waals surface area (Å²) >= 11 is 0. The van der Waals surface area contributed by atoms with Crippen molar-refractivity contribution in [3.8, 4) is 0 Å². The molecule has 3 saturated carbocycles. The lowest BCUT2D eigenvalue weighted by Gasteiger charge is -2.60. The quantitative estimate of drug-likeness (QED) is 0.330. The minimum Gasteiger partial charge on any atom is -0.413 e. The maximum Gasteiger partial charge on any atom is 0.192 e. The topological polar surface area (TPSA) is 26.3 Å². The molecule has 0 N–H and O–H groups in total. The lowest BCUT2D eigenvalue weighted by atomic mass is 9.47. The summed E-state index contributed by atoms with van der Waals surface area (Å²) in [5.74, 6) is 2.78. The third kappa shape index (κ3) is 3.41. The average Bonchev–Trinajstić information content (AvgIpc) is 3.04. The first kappa shape index (κ1) is 22.8. The molecule has 0 heterocycles. The smallest absolute Gasteiger partial charge is 0.192 e. The molecule has 0 saturated heterocycles. The van der Waals surface area contributed by atoms with Crippen molar-refractivity contribution in [3.63, 3.8) is 0 Å². The van der Waals surface area contributed by atoms with E-state index in [1.54, 1.807) is 0 Å². The standard InChI is InChI=1S/C27H46O2Si/c1-8-14-25(2,3)30(6,7)29-24-18-20(28)17-19-11-12-21-22-10-9-15-26(22,4)16-13-23(21)27(19,24)5/h11,21-24H,8-10,12-18H2,1-7H3/t21-,22-,23-,24?,26-,27-/m0/s1. The Hall–Kier alpha value is -0.413. The van der Waals surface area contributed by atoms with Crippen LogP contribution in [0.1, 0.15) is 98.8 Å². The summed E-state index contributed by atoms with van der Waals surface area (Å²) in [6.45, 7) is 17.0. The lowest BCUT2D eigenvalue weighted by Crippen LogP contribution is -2.58. The van der Waals surface area contributed by atoms with Crippen LogP contribution in [0.25, 0.3) is 0 Å². The van der Waals surface area contributed by atoms with E-state index in [1.807, 2.05) is 0 Å². The summed E-state index contributed by atoms with van der Waals surface area (Å²) in [7, 11) is -1.97.